The first kappa shape index (κ1) is 11.2. The van der Waals surface area contributed by atoms with Crippen LogP contribution in [-0.2, 0) is 8.87 Å². The summed E-state index contributed by atoms with van der Waals surface area (Å²) >= 11 is 0. The highest BCUT2D eigenvalue weighted by atomic mass is 33.1. The van der Waals surface area contributed by atoms with Gasteiger partial charge in [0.2, 0.25) is 8.87 Å². The molecule has 0 saturated carbocycles. The van der Waals surface area contributed by atoms with Crippen LogP contribution >= 0.6 is 10.8 Å². The number of nitrogens with zero attached hydrogens (tertiary/aromatic N) is 1. The van der Waals surface area contributed by atoms with Crippen molar-refractivity contribution in [1.29, 1.82) is 0 Å². The molecule has 0 amide bonds. The summed E-state index contributed by atoms with van der Waals surface area (Å²) in [5.74, 6) is 0. The molecular weight excluding hydrogens is 242 g/mol. The molecule has 0 saturated heterocycles. The molecule has 3 nitrogen and oxygen atoms in total. The van der Waals surface area contributed by atoms with Crippen LogP contribution in [0.3, 0.4) is 0 Å². The van der Waals surface area contributed by atoms with Crippen LogP contribution in [0.1, 0.15) is 0 Å². The monoisotopic (exact) mass is 251 g/mol. The van der Waals surface area contributed by atoms with Crippen molar-refractivity contribution in [1.82, 2.24) is 4.98 Å². The smallest absolute Gasteiger partial charge is 0.236 e. The van der Waals surface area contributed by atoms with E-state index in [1.54, 1.807) is 54.7 Å². The van der Waals surface area contributed by atoms with Crippen LogP contribution in [0.25, 0.3) is 0 Å². The van der Waals surface area contributed by atoms with E-state index >= 15 is 0 Å². The van der Waals surface area contributed by atoms with Crippen molar-refractivity contribution in [2.24, 2.45) is 0 Å². The van der Waals surface area contributed by atoms with Crippen molar-refractivity contribution < 1.29 is 8.42 Å². The minimum atomic E-state index is -3.36. The van der Waals surface area contributed by atoms with Crippen LogP contribution in [-0.4, -0.2) is 13.4 Å². The summed E-state index contributed by atoms with van der Waals surface area (Å²) in [6.45, 7) is 0. The first-order valence-electron chi connectivity index (χ1n) is 4.59. The second-order valence-corrected chi connectivity index (χ2v) is 6.80. The van der Waals surface area contributed by atoms with E-state index < -0.39 is 8.87 Å². The van der Waals surface area contributed by atoms with E-state index in [0.717, 1.165) is 10.8 Å². The van der Waals surface area contributed by atoms with Gasteiger partial charge in [0.1, 0.15) is 5.03 Å². The number of hydrogen-bond acceptors (Lipinski definition) is 4. The van der Waals surface area contributed by atoms with Gasteiger partial charge in [-0.2, -0.15) is 0 Å². The third kappa shape index (κ3) is 2.62. The summed E-state index contributed by atoms with van der Waals surface area (Å²) in [7, 11) is -2.60. The molecule has 0 fully saturated rings. The summed E-state index contributed by atoms with van der Waals surface area (Å²) in [6, 6.07) is 13.5. The molecule has 0 radical (unpaired) electrons. The summed E-state index contributed by atoms with van der Waals surface area (Å²) in [5.41, 5.74) is 0. The molecule has 1 aromatic carbocycles. The van der Waals surface area contributed by atoms with Gasteiger partial charge in [-0.15, -0.1) is 0 Å². The third-order valence-electron chi connectivity index (χ3n) is 1.86. The molecule has 0 unspecified atom stereocenters. The van der Waals surface area contributed by atoms with Gasteiger partial charge in [-0.1, -0.05) is 24.3 Å². The number of benzene rings is 1. The van der Waals surface area contributed by atoms with Gasteiger partial charge >= 0.3 is 0 Å². The van der Waals surface area contributed by atoms with E-state index in [-0.39, 0.29) is 0 Å². The van der Waals surface area contributed by atoms with Gasteiger partial charge in [-0.05, 0) is 24.3 Å². The van der Waals surface area contributed by atoms with Crippen molar-refractivity contribution in [3.63, 3.8) is 0 Å². The minimum Gasteiger partial charge on any atom is -0.249 e. The zero-order valence-corrected chi connectivity index (χ0v) is 9.91. The average Bonchev–Trinajstić information content (AvgIpc) is 2.31. The van der Waals surface area contributed by atoms with Crippen LogP contribution in [0.15, 0.2) is 64.6 Å². The Morgan fingerprint density at radius 1 is 0.938 bits per heavy atom. The molecule has 0 aliphatic carbocycles. The zero-order chi connectivity index (χ0) is 11.4. The van der Waals surface area contributed by atoms with Crippen LogP contribution in [0.5, 0.6) is 0 Å². The second kappa shape index (κ2) is 4.67. The van der Waals surface area contributed by atoms with Crippen molar-refractivity contribution in [2.45, 2.75) is 9.92 Å². The van der Waals surface area contributed by atoms with Crippen LogP contribution < -0.4 is 0 Å². The third-order valence-corrected chi connectivity index (χ3v) is 5.09. The lowest BCUT2D eigenvalue weighted by molar-refractivity contribution is 0.610. The molecule has 1 heterocycles. The zero-order valence-electron chi connectivity index (χ0n) is 8.28. The largest absolute Gasteiger partial charge is 0.249 e. The minimum absolute atomic E-state index is 0.297. The molecule has 5 heteroatoms. The van der Waals surface area contributed by atoms with Crippen LogP contribution in [0.4, 0.5) is 0 Å². The summed E-state index contributed by atoms with van der Waals surface area (Å²) < 4.78 is 23.8. The molecule has 82 valence electrons. The van der Waals surface area contributed by atoms with E-state index in [0.29, 0.717) is 9.92 Å². The molecule has 0 aliphatic heterocycles. The SMILES string of the molecule is O=S(=O)(Sc1ccccn1)c1ccccc1. The quantitative estimate of drug-likeness (QED) is 0.787. The molecule has 0 atom stereocenters. The van der Waals surface area contributed by atoms with E-state index in [1.807, 2.05) is 0 Å². The highest BCUT2D eigenvalue weighted by molar-refractivity contribution is 8.72. The van der Waals surface area contributed by atoms with E-state index in [1.165, 1.54) is 0 Å². The van der Waals surface area contributed by atoms with Gasteiger partial charge in [-0.25, -0.2) is 13.4 Å². The van der Waals surface area contributed by atoms with Crippen molar-refractivity contribution in [3.05, 3.63) is 54.7 Å². The fourth-order valence-electron chi connectivity index (χ4n) is 1.14. The fraction of sp³-hybridized carbons (Fsp3) is 0. The lowest BCUT2D eigenvalue weighted by Gasteiger charge is -2.02. The number of pyridine rings is 1. The Morgan fingerprint density at radius 3 is 2.25 bits per heavy atom. The van der Waals surface area contributed by atoms with E-state index in [9.17, 15) is 8.42 Å². The summed E-state index contributed by atoms with van der Waals surface area (Å²) in [6.07, 6.45) is 1.57. The van der Waals surface area contributed by atoms with Crippen molar-refractivity contribution in [2.75, 3.05) is 0 Å². The predicted octanol–water partition coefficient (Wildman–Crippen LogP) is 2.56. The highest BCUT2D eigenvalue weighted by Gasteiger charge is 2.16. The Hall–Kier alpha value is -1.33. The van der Waals surface area contributed by atoms with Gasteiger partial charge in [0.15, 0.2) is 0 Å². The molecular formula is C11H9NO2S2. The highest BCUT2D eigenvalue weighted by Crippen LogP contribution is 2.28. The fourth-order valence-corrected chi connectivity index (χ4v) is 3.79. The first-order chi connectivity index (χ1) is 7.68. The maximum absolute atomic E-state index is 11.9. The van der Waals surface area contributed by atoms with E-state index in [2.05, 4.69) is 4.98 Å². The molecule has 0 aliphatic rings. The number of aromatic nitrogens is 1. The molecule has 0 spiro atoms. The van der Waals surface area contributed by atoms with Gasteiger partial charge < -0.3 is 0 Å². The molecule has 0 N–H and O–H groups in total. The summed E-state index contributed by atoms with van der Waals surface area (Å²) in [5, 5.41) is 0.478. The van der Waals surface area contributed by atoms with Gasteiger partial charge in [-0.3, -0.25) is 0 Å². The maximum Gasteiger partial charge on any atom is 0.236 e. The Bertz CT molecular complexity index is 553. The van der Waals surface area contributed by atoms with Crippen molar-refractivity contribution >= 4 is 19.7 Å². The van der Waals surface area contributed by atoms with Gasteiger partial charge in [0.25, 0.3) is 0 Å². The lowest BCUT2D eigenvalue weighted by Crippen LogP contribution is -1.95. The summed E-state index contributed by atoms with van der Waals surface area (Å²) in [4.78, 5) is 4.27. The second-order valence-electron chi connectivity index (χ2n) is 3.02. The van der Waals surface area contributed by atoms with Crippen molar-refractivity contribution in [3.8, 4) is 0 Å². The molecule has 16 heavy (non-hydrogen) atoms. The molecule has 2 rings (SSSR count). The topological polar surface area (TPSA) is 47.0 Å². The molecule has 0 bridgehead atoms. The molecule has 1 aromatic heterocycles. The van der Waals surface area contributed by atoms with Gasteiger partial charge in [0.05, 0.1) is 4.90 Å². The van der Waals surface area contributed by atoms with Gasteiger partial charge in [0, 0.05) is 17.0 Å². The Kier molecular flexibility index (Phi) is 3.26. The normalized spacial score (nSPS) is 11.2. The Balaban J connectivity index is 2.29. The molecule has 2 aromatic rings. The maximum atomic E-state index is 11.9. The standard InChI is InChI=1S/C11H9NO2S2/c13-16(14,10-6-2-1-3-7-10)15-11-8-4-5-9-12-11/h1-9H. The Morgan fingerprint density at radius 2 is 1.62 bits per heavy atom. The van der Waals surface area contributed by atoms with Crippen LogP contribution in [0.2, 0.25) is 0 Å². The average molecular weight is 251 g/mol. The first-order valence-corrected chi connectivity index (χ1v) is 7.41. The van der Waals surface area contributed by atoms with Crippen LogP contribution in [0, 0.1) is 0 Å². The lowest BCUT2D eigenvalue weighted by atomic mass is 10.4. The predicted molar refractivity (Wildman–Crippen MR) is 63.7 cm³/mol. The van der Waals surface area contributed by atoms with E-state index in [4.69, 9.17) is 0 Å². The Labute approximate surface area is 97.9 Å². The number of hydrogen-bond donors (Lipinski definition) is 0. The number of rotatable bonds is 3.